The van der Waals surface area contributed by atoms with E-state index < -0.39 is 0 Å². The molecule has 4 aliphatic heterocycles. The highest BCUT2D eigenvalue weighted by atomic mass is 16.5. The first-order valence-electron chi connectivity index (χ1n) is 13.7. The SMILES string of the molecule is CC#CC(=O)N1CC(N2CCC(c3cc4c(c(C#N)n3)O[C@H](C)c3c(N5CCOCC5)ccnc3N4)CC2)C1. The van der Waals surface area contributed by atoms with Gasteiger partial charge in [0.2, 0.25) is 0 Å². The third kappa shape index (κ3) is 4.87. The van der Waals surface area contributed by atoms with Crippen LogP contribution in [0.4, 0.5) is 17.2 Å². The number of aromatic nitrogens is 2. The Labute approximate surface area is 228 Å². The van der Waals surface area contributed by atoms with E-state index >= 15 is 0 Å². The number of nitriles is 1. The van der Waals surface area contributed by atoms with Crippen LogP contribution in [-0.2, 0) is 9.53 Å². The highest BCUT2D eigenvalue weighted by Gasteiger charge is 2.37. The first-order chi connectivity index (χ1) is 19.1. The average molecular weight is 528 g/mol. The fourth-order valence-corrected chi connectivity index (χ4v) is 6.06. The van der Waals surface area contributed by atoms with E-state index in [0.717, 1.165) is 80.6 Å². The number of anilines is 3. The first-order valence-corrected chi connectivity index (χ1v) is 13.7. The molecule has 0 spiro atoms. The van der Waals surface area contributed by atoms with Crippen LogP contribution < -0.4 is 15.0 Å². The lowest BCUT2D eigenvalue weighted by atomic mass is 9.90. The molecule has 0 radical (unpaired) electrons. The Morgan fingerprint density at radius 3 is 2.67 bits per heavy atom. The van der Waals surface area contributed by atoms with Crippen LogP contribution in [0, 0.1) is 23.2 Å². The summed E-state index contributed by atoms with van der Waals surface area (Å²) in [6, 6.07) is 6.73. The molecule has 0 aliphatic carbocycles. The molecule has 2 aromatic heterocycles. The lowest BCUT2D eigenvalue weighted by Gasteiger charge is -2.47. The summed E-state index contributed by atoms with van der Waals surface area (Å²) in [5, 5.41) is 13.5. The molecule has 202 valence electrons. The minimum Gasteiger partial charge on any atom is -0.481 e. The lowest BCUT2D eigenvalue weighted by molar-refractivity contribution is -0.132. The first kappa shape index (κ1) is 25.4. The van der Waals surface area contributed by atoms with Gasteiger partial charge in [-0.2, -0.15) is 5.26 Å². The largest absolute Gasteiger partial charge is 0.481 e. The van der Waals surface area contributed by atoms with E-state index in [1.165, 1.54) is 0 Å². The zero-order valence-electron chi connectivity index (χ0n) is 22.4. The number of hydrogen-bond donors (Lipinski definition) is 1. The van der Waals surface area contributed by atoms with Crippen LogP contribution in [0.2, 0.25) is 0 Å². The number of pyridine rings is 2. The summed E-state index contributed by atoms with van der Waals surface area (Å²) in [7, 11) is 0. The highest BCUT2D eigenvalue weighted by molar-refractivity contribution is 5.94. The minimum absolute atomic E-state index is 0.0842. The van der Waals surface area contributed by atoms with Gasteiger partial charge in [-0.1, -0.05) is 5.92 Å². The number of hydrogen-bond acceptors (Lipinski definition) is 9. The molecular formula is C29H33N7O3. The van der Waals surface area contributed by atoms with Gasteiger partial charge in [0.25, 0.3) is 5.91 Å². The molecule has 3 fully saturated rings. The molecule has 0 saturated carbocycles. The summed E-state index contributed by atoms with van der Waals surface area (Å²) < 4.78 is 12.0. The van der Waals surface area contributed by atoms with Crippen molar-refractivity contribution >= 4 is 23.1 Å². The van der Waals surface area contributed by atoms with Crippen molar-refractivity contribution in [1.29, 1.82) is 5.26 Å². The van der Waals surface area contributed by atoms with Crippen LogP contribution in [0.1, 0.15) is 55.7 Å². The van der Waals surface area contributed by atoms with Crippen molar-refractivity contribution in [3.63, 3.8) is 0 Å². The van der Waals surface area contributed by atoms with Gasteiger partial charge in [0, 0.05) is 55.7 Å². The second kappa shape index (κ2) is 10.7. The van der Waals surface area contributed by atoms with Gasteiger partial charge in [-0.3, -0.25) is 9.69 Å². The van der Waals surface area contributed by atoms with Gasteiger partial charge in [-0.15, -0.1) is 0 Å². The number of rotatable bonds is 3. The molecule has 4 aliphatic rings. The minimum atomic E-state index is -0.305. The molecule has 1 atom stereocenters. The van der Waals surface area contributed by atoms with E-state index in [0.29, 0.717) is 30.7 Å². The third-order valence-corrected chi connectivity index (χ3v) is 8.22. The Bertz CT molecular complexity index is 1360. The van der Waals surface area contributed by atoms with Crippen LogP contribution in [0.3, 0.4) is 0 Å². The predicted octanol–water partition coefficient (Wildman–Crippen LogP) is 2.80. The summed E-state index contributed by atoms with van der Waals surface area (Å²) >= 11 is 0. The van der Waals surface area contributed by atoms with Crippen molar-refractivity contribution < 1.29 is 14.3 Å². The van der Waals surface area contributed by atoms with Crippen LogP contribution in [0.15, 0.2) is 18.3 Å². The molecule has 6 heterocycles. The zero-order valence-corrected chi connectivity index (χ0v) is 22.4. The topological polar surface area (TPSA) is 107 Å². The molecule has 0 aromatic carbocycles. The van der Waals surface area contributed by atoms with Gasteiger partial charge < -0.3 is 24.6 Å². The van der Waals surface area contributed by atoms with Crippen LogP contribution >= 0.6 is 0 Å². The summed E-state index contributed by atoms with van der Waals surface area (Å²) in [5.41, 5.74) is 4.00. The fraction of sp³-hybridized carbons (Fsp3) is 0.517. The van der Waals surface area contributed by atoms with Gasteiger partial charge in [0.15, 0.2) is 11.4 Å². The van der Waals surface area contributed by atoms with Gasteiger partial charge in [0.1, 0.15) is 18.0 Å². The number of morpholine rings is 1. The summed E-state index contributed by atoms with van der Waals surface area (Å²) in [5.74, 6) is 6.70. The molecule has 39 heavy (non-hydrogen) atoms. The summed E-state index contributed by atoms with van der Waals surface area (Å²) in [6.07, 6.45) is 3.41. The number of likely N-dealkylation sites (tertiary alicyclic amines) is 2. The number of carbonyl (C=O) groups is 1. The maximum Gasteiger partial charge on any atom is 0.298 e. The van der Waals surface area contributed by atoms with Crippen LogP contribution in [0.25, 0.3) is 0 Å². The lowest BCUT2D eigenvalue weighted by Crippen LogP contribution is -2.61. The molecule has 0 bridgehead atoms. The van der Waals surface area contributed by atoms with E-state index in [2.05, 4.69) is 38.0 Å². The maximum absolute atomic E-state index is 12.0. The summed E-state index contributed by atoms with van der Waals surface area (Å²) in [6.45, 7) is 10.0. The van der Waals surface area contributed by atoms with Gasteiger partial charge in [-0.25, -0.2) is 9.97 Å². The Kier molecular flexibility index (Phi) is 6.99. The van der Waals surface area contributed by atoms with Crippen LogP contribution in [0.5, 0.6) is 5.75 Å². The standard InChI is InChI=1S/C29H33N7O3/c1-3-4-26(37)36-17-21(18-36)34-9-6-20(7-10-34)22-15-23-28(24(16-30)32-22)39-19(2)27-25(5-8-31-29(27)33-23)35-11-13-38-14-12-35/h5,8,15,19-21H,6-7,9-14,17-18H2,1-2H3,(H,31,33)/t19-/m1/s1. The van der Waals surface area contributed by atoms with Gasteiger partial charge >= 0.3 is 0 Å². The normalized spacial score (nSPS) is 21.6. The van der Waals surface area contributed by atoms with Crippen molar-refractivity contribution in [3.8, 4) is 23.7 Å². The number of nitrogens with zero attached hydrogens (tertiary/aromatic N) is 6. The van der Waals surface area contributed by atoms with E-state index in [9.17, 15) is 10.1 Å². The van der Waals surface area contributed by atoms with Gasteiger partial charge in [0.05, 0.1) is 24.5 Å². The number of nitrogens with one attached hydrogen (secondary N) is 1. The van der Waals surface area contributed by atoms with Crippen molar-refractivity contribution in [2.75, 3.05) is 62.7 Å². The highest BCUT2D eigenvalue weighted by Crippen LogP contribution is 2.44. The second-order valence-corrected chi connectivity index (χ2v) is 10.5. The molecular weight excluding hydrogens is 494 g/mol. The fourth-order valence-electron chi connectivity index (χ4n) is 6.06. The molecule has 10 nitrogen and oxygen atoms in total. The summed E-state index contributed by atoms with van der Waals surface area (Å²) in [4.78, 5) is 28.0. The number of ether oxygens (including phenoxy) is 2. The quantitative estimate of drug-likeness (QED) is 0.603. The van der Waals surface area contributed by atoms with E-state index in [1.807, 2.05) is 30.2 Å². The Balaban J connectivity index is 1.20. The molecule has 3 saturated heterocycles. The molecule has 6 rings (SSSR count). The van der Waals surface area contributed by atoms with Crippen molar-refractivity contribution in [1.82, 2.24) is 19.8 Å². The number of amides is 1. The second-order valence-electron chi connectivity index (χ2n) is 10.5. The third-order valence-electron chi connectivity index (χ3n) is 8.22. The Morgan fingerprint density at radius 1 is 1.18 bits per heavy atom. The van der Waals surface area contributed by atoms with Crippen molar-refractivity contribution in [2.24, 2.45) is 0 Å². The van der Waals surface area contributed by atoms with Gasteiger partial charge in [-0.05, 0) is 57.8 Å². The Hall–Kier alpha value is -3.86. The molecule has 1 amide bonds. The number of piperidine rings is 1. The smallest absolute Gasteiger partial charge is 0.298 e. The van der Waals surface area contributed by atoms with Crippen molar-refractivity contribution in [2.45, 2.75) is 44.8 Å². The molecule has 10 heteroatoms. The monoisotopic (exact) mass is 527 g/mol. The maximum atomic E-state index is 12.0. The number of fused-ring (bicyclic) bond motifs is 2. The molecule has 0 unspecified atom stereocenters. The van der Waals surface area contributed by atoms with E-state index in [-0.39, 0.29) is 17.9 Å². The van der Waals surface area contributed by atoms with E-state index in [1.54, 1.807) is 6.92 Å². The van der Waals surface area contributed by atoms with E-state index in [4.69, 9.17) is 14.5 Å². The molecule has 2 aromatic rings. The van der Waals surface area contributed by atoms with Crippen molar-refractivity contribution in [3.05, 3.63) is 35.3 Å². The Morgan fingerprint density at radius 2 is 1.95 bits per heavy atom. The zero-order chi connectivity index (χ0) is 26.9. The molecule has 1 N–H and O–H groups in total. The predicted molar refractivity (Wildman–Crippen MR) is 146 cm³/mol. The number of carbonyl (C=O) groups excluding carboxylic acids is 1. The van der Waals surface area contributed by atoms with Crippen LogP contribution in [-0.4, -0.2) is 84.2 Å². The average Bonchev–Trinajstić information content (AvgIpc) is 3.08.